The van der Waals surface area contributed by atoms with Gasteiger partial charge in [-0.2, -0.15) is 5.26 Å². The lowest BCUT2D eigenvalue weighted by atomic mass is 9.82. The third kappa shape index (κ3) is 3.27. The van der Waals surface area contributed by atoms with E-state index in [1.165, 1.54) is 6.42 Å². The van der Waals surface area contributed by atoms with Crippen molar-refractivity contribution in [2.24, 2.45) is 11.8 Å². The van der Waals surface area contributed by atoms with E-state index in [0.717, 1.165) is 12.8 Å². The Morgan fingerprint density at radius 3 is 2.47 bits per heavy atom. The van der Waals surface area contributed by atoms with Gasteiger partial charge in [0, 0.05) is 0 Å². The number of ether oxygens (including phenoxy) is 1. The average Bonchev–Trinajstić information content (AvgIpc) is 2.34. The van der Waals surface area contributed by atoms with E-state index in [1.54, 1.807) is 12.1 Å². The van der Waals surface area contributed by atoms with Crippen LogP contribution in [0.5, 0.6) is 5.75 Å². The molecule has 4 heteroatoms. The van der Waals surface area contributed by atoms with Crippen LogP contribution in [0.2, 0.25) is 0 Å². The molecule has 1 aromatic carbocycles. The monoisotopic (exact) mass is 325 g/mol. The minimum Gasteiger partial charge on any atom is -0.487 e. The normalized spacial score (nSPS) is 26.8. The van der Waals surface area contributed by atoms with E-state index in [2.05, 4.69) is 29.8 Å². The topological polar surface area (TPSA) is 33.0 Å². The summed E-state index contributed by atoms with van der Waals surface area (Å²) >= 11 is 3.10. The maximum Gasteiger partial charge on any atom is 0.180 e. The highest BCUT2D eigenvalue weighted by Crippen LogP contribution is 2.34. The first-order chi connectivity index (χ1) is 9.01. The SMILES string of the molecule is CC1CC(C)CC(Oc2ccc(C#N)c(Br)c2F)C1. The molecule has 1 fully saturated rings. The first kappa shape index (κ1) is 14.3. The molecule has 1 aliphatic carbocycles. The minimum absolute atomic E-state index is 0.0630. The molecule has 0 heterocycles. The van der Waals surface area contributed by atoms with E-state index in [4.69, 9.17) is 10.00 Å². The highest BCUT2D eigenvalue weighted by Gasteiger charge is 2.26. The van der Waals surface area contributed by atoms with Gasteiger partial charge >= 0.3 is 0 Å². The molecule has 1 aliphatic rings. The highest BCUT2D eigenvalue weighted by atomic mass is 79.9. The van der Waals surface area contributed by atoms with Crippen molar-refractivity contribution in [1.82, 2.24) is 0 Å². The average molecular weight is 326 g/mol. The van der Waals surface area contributed by atoms with E-state index in [1.807, 2.05) is 6.07 Å². The molecule has 0 saturated heterocycles. The minimum atomic E-state index is -0.482. The van der Waals surface area contributed by atoms with Gasteiger partial charge in [0.2, 0.25) is 0 Å². The van der Waals surface area contributed by atoms with Gasteiger partial charge in [-0.05, 0) is 59.2 Å². The van der Waals surface area contributed by atoms with Gasteiger partial charge in [0.15, 0.2) is 11.6 Å². The number of nitrogens with zero attached hydrogens (tertiary/aromatic N) is 1. The number of hydrogen-bond acceptors (Lipinski definition) is 2. The van der Waals surface area contributed by atoms with Crippen molar-refractivity contribution in [3.05, 3.63) is 28.0 Å². The van der Waals surface area contributed by atoms with Gasteiger partial charge in [-0.15, -0.1) is 0 Å². The van der Waals surface area contributed by atoms with Gasteiger partial charge in [-0.25, -0.2) is 4.39 Å². The zero-order valence-electron chi connectivity index (χ0n) is 11.1. The summed E-state index contributed by atoms with van der Waals surface area (Å²) in [5.74, 6) is 0.972. The molecule has 1 aromatic rings. The van der Waals surface area contributed by atoms with Gasteiger partial charge in [0.1, 0.15) is 6.07 Å². The fourth-order valence-corrected chi connectivity index (χ4v) is 3.27. The van der Waals surface area contributed by atoms with Crippen LogP contribution in [0.25, 0.3) is 0 Å². The zero-order valence-corrected chi connectivity index (χ0v) is 12.7. The first-order valence-corrected chi connectivity index (χ1v) is 7.35. The zero-order chi connectivity index (χ0) is 14.0. The molecule has 2 nitrogen and oxygen atoms in total. The Hall–Kier alpha value is -1.08. The van der Waals surface area contributed by atoms with Crippen molar-refractivity contribution < 1.29 is 9.13 Å². The summed E-state index contributed by atoms with van der Waals surface area (Å²) < 4.78 is 20.1. The molecule has 0 spiro atoms. The fraction of sp³-hybridized carbons (Fsp3) is 0.533. The summed E-state index contributed by atoms with van der Waals surface area (Å²) in [6, 6.07) is 5.06. The van der Waals surface area contributed by atoms with Crippen molar-refractivity contribution in [3.8, 4) is 11.8 Å². The molecule has 0 aliphatic heterocycles. The van der Waals surface area contributed by atoms with Crippen LogP contribution in [-0.2, 0) is 0 Å². The van der Waals surface area contributed by atoms with Crippen LogP contribution in [0.15, 0.2) is 16.6 Å². The lowest BCUT2D eigenvalue weighted by Gasteiger charge is -2.31. The Morgan fingerprint density at radius 1 is 1.26 bits per heavy atom. The molecule has 0 N–H and O–H groups in total. The Bertz CT molecular complexity index is 502. The molecule has 19 heavy (non-hydrogen) atoms. The van der Waals surface area contributed by atoms with Gasteiger partial charge in [0.05, 0.1) is 16.1 Å². The van der Waals surface area contributed by atoms with Crippen molar-refractivity contribution in [1.29, 1.82) is 5.26 Å². The van der Waals surface area contributed by atoms with Crippen LogP contribution in [0.4, 0.5) is 4.39 Å². The Balaban J connectivity index is 2.16. The summed E-state index contributed by atoms with van der Waals surface area (Å²) in [5.41, 5.74) is 0.287. The summed E-state index contributed by atoms with van der Waals surface area (Å²) in [7, 11) is 0. The lowest BCUT2D eigenvalue weighted by molar-refractivity contribution is 0.0969. The molecule has 2 unspecified atom stereocenters. The van der Waals surface area contributed by atoms with E-state index >= 15 is 0 Å². The van der Waals surface area contributed by atoms with Crippen LogP contribution in [0.1, 0.15) is 38.7 Å². The van der Waals surface area contributed by atoms with Crippen molar-refractivity contribution in [2.45, 2.75) is 39.2 Å². The molecule has 0 amide bonds. The maximum atomic E-state index is 14.1. The summed E-state index contributed by atoms with van der Waals surface area (Å²) in [6.45, 7) is 4.41. The standard InChI is InChI=1S/C15H17BrFNO/c1-9-5-10(2)7-12(6-9)19-13-4-3-11(8-18)14(16)15(13)17/h3-4,9-10,12H,5-7H2,1-2H3. The third-order valence-electron chi connectivity index (χ3n) is 3.60. The van der Waals surface area contributed by atoms with Gasteiger partial charge in [-0.1, -0.05) is 13.8 Å². The Morgan fingerprint density at radius 2 is 1.89 bits per heavy atom. The molecule has 102 valence electrons. The van der Waals surface area contributed by atoms with Crippen LogP contribution in [-0.4, -0.2) is 6.10 Å². The van der Waals surface area contributed by atoms with E-state index in [-0.39, 0.29) is 21.9 Å². The van der Waals surface area contributed by atoms with Gasteiger partial charge < -0.3 is 4.74 Å². The molecular weight excluding hydrogens is 309 g/mol. The second-order valence-corrected chi connectivity index (χ2v) is 6.30. The Labute approximate surface area is 121 Å². The predicted molar refractivity (Wildman–Crippen MR) is 75.4 cm³/mol. The summed E-state index contributed by atoms with van der Waals surface area (Å²) in [4.78, 5) is 0. The van der Waals surface area contributed by atoms with Crippen LogP contribution in [0.3, 0.4) is 0 Å². The highest BCUT2D eigenvalue weighted by molar-refractivity contribution is 9.10. The molecule has 1 saturated carbocycles. The van der Waals surface area contributed by atoms with Crippen LogP contribution < -0.4 is 4.74 Å². The van der Waals surface area contributed by atoms with E-state index in [0.29, 0.717) is 11.8 Å². The first-order valence-electron chi connectivity index (χ1n) is 6.56. The largest absolute Gasteiger partial charge is 0.487 e. The second-order valence-electron chi connectivity index (χ2n) is 5.51. The Kier molecular flexibility index (Phi) is 4.46. The second kappa shape index (κ2) is 5.92. The van der Waals surface area contributed by atoms with E-state index in [9.17, 15) is 4.39 Å². The quantitative estimate of drug-likeness (QED) is 0.792. The molecular formula is C15H17BrFNO. The molecule has 0 radical (unpaired) electrons. The van der Waals surface area contributed by atoms with Crippen molar-refractivity contribution >= 4 is 15.9 Å². The third-order valence-corrected chi connectivity index (χ3v) is 4.37. The molecule has 2 rings (SSSR count). The van der Waals surface area contributed by atoms with Gasteiger partial charge in [0.25, 0.3) is 0 Å². The fourth-order valence-electron chi connectivity index (χ4n) is 2.86. The molecule has 0 aromatic heterocycles. The van der Waals surface area contributed by atoms with Gasteiger partial charge in [-0.3, -0.25) is 0 Å². The number of rotatable bonds is 2. The molecule has 0 bridgehead atoms. The number of hydrogen-bond donors (Lipinski definition) is 0. The molecule has 2 atom stereocenters. The van der Waals surface area contributed by atoms with Crippen LogP contribution in [0, 0.1) is 29.0 Å². The summed E-state index contributed by atoms with van der Waals surface area (Å²) in [6.07, 6.45) is 3.19. The van der Waals surface area contributed by atoms with Crippen molar-refractivity contribution in [3.63, 3.8) is 0 Å². The number of halogens is 2. The lowest BCUT2D eigenvalue weighted by Crippen LogP contribution is -2.28. The van der Waals surface area contributed by atoms with Crippen LogP contribution >= 0.6 is 15.9 Å². The smallest absolute Gasteiger partial charge is 0.180 e. The maximum absolute atomic E-state index is 14.1. The summed E-state index contributed by atoms with van der Waals surface area (Å²) in [5, 5.41) is 8.84. The number of benzene rings is 1. The van der Waals surface area contributed by atoms with E-state index < -0.39 is 5.82 Å². The predicted octanol–water partition coefficient (Wildman–Crippen LogP) is 4.66. The van der Waals surface area contributed by atoms with Crippen molar-refractivity contribution in [2.75, 3.05) is 0 Å². The number of nitriles is 1.